The van der Waals surface area contributed by atoms with Crippen molar-refractivity contribution in [3.8, 4) is 5.75 Å². The van der Waals surface area contributed by atoms with E-state index in [1.807, 2.05) is 31.3 Å². The zero-order chi connectivity index (χ0) is 14.4. The standard InChI is InChI=1S/C16H21N3O/c1-12(2)18-9-14-6-7-15(19-10-14)11-20-16-5-4-8-17-13(16)3/h4-8,10,12,18H,9,11H2,1-3H3. The number of aryl methyl sites for hydroxylation is 1. The lowest BCUT2D eigenvalue weighted by Gasteiger charge is -2.09. The van der Waals surface area contributed by atoms with E-state index in [0.717, 1.165) is 23.7 Å². The van der Waals surface area contributed by atoms with Crippen molar-refractivity contribution in [1.82, 2.24) is 15.3 Å². The van der Waals surface area contributed by atoms with E-state index < -0.39 is 0 Å². The van der Waals surface area contributed by atoms with Crippen LogP contribution in [0.3, 0.4) is 0 Å². The van der Waals surface area contributed by atoms with E-state index in [4.69, 9.17) is 4.74 Å². The van der Waals surface area contributed by atoms with Crippen LogP contribution in [-0.2, 0) is 13.2 Å². The van der Waals surface area contributed by atoms with Crippen LogP contribution in [0.25, 0.3) is 0 Å². The van der Waals surface area contributed by atoms with Gasteiger partial charge in [-0.25, -0.2) is 0 Å². The molecule has 0 radical (unpaired) electrons. The van der Waals surface area contributed by atoms with Gasteiger partial charge in [-0.2, -0.15) is 0 Å². The monoisotopic (exact) mass is 271 g/mol. The van der Waals surface area contributed by atoms with E-state index in [1.54, 1.807) is 6.20 Å². The Morgan fingerprint density at radius 1 is 1.20 bits per heavy atom. The molecule has 2 heterocycles. The summed E-state index contributed by atoms with van der Waals surface area (Å²) in [6.07, 6.45) is 3.65. The van der Waals surface area contributed by atoms with Crippen LogP contribution in [0.2, 0.25) is 0 Å². The van der Waals surface area contributed by atoms with Crippen molar-refractivity contribution in [2.75, 3.05) is 0 Å². The molecule has 4 nitrogen and oxygen atoms in total. The number of pyridine rings is 2. The zero-order valence-corrected chi connectivity index (χ0v) is 12.3. The van der Waals surface area contributed by atoms with E-state index in [1.165, 1.54) is 5.56 Å². The van der Waals surface area contributed by atoms with E-state index in [-0.39, 0.29) is 0 Å². The van der Waals surface area contributed by atoms with Gasteiger partial charge in [-0.3, -0.25) is 9.97 Å². The average molecular weight is 271 g/mol. The van der Waals surface area contributed by atoms with Gasteiger partial charge in [-0.1, -0.05) is 19.9 Å². The molecule has 4 heteroatoms. The number of hydrogen-bond donors (Lipinski definition) is 1. The smallest absolute Gasteiger partial charge is 0.141 e. The number of nitrogens with zero attached hydrogens (tertiary/aromatic N) is 2. The lowest BCUT2D eigenvalue weighted by atomic mass is 10.2. The fourth-order valence-electron chi connectivity index (χ4n) is 1.74. The van der Waals surface area contributed by atoms with Gasteiger partial charge in [0.2, 0.25) is 0 Å². The molecule has 0 atom stereocenters. The van der Waals surface area contributed by atoms with E-state index >= 15 is 0 Å². The Labute approximate surface area is 120 Å². The molecule has 0 unspecified atom stereocenters. The van der Waals surface area contributed by atoms with E-state index in [2.05, 4.69) is 35.2 Å². The topological polar surface area (TPSA) is 47.0 Å². The van der Waals surface area contributed by atoms with Crippen LogP contribution in [0.5, 0.6) is 5.75 Å². The molecular weight excluding hydrogens is 250 g/mol. The molecule has 0 fully saturated rings. The van der Waals surface area contributed by atoms with Gasteiger partial charge in [0.15, 0.2) is 0 Å². The normalized spacial score (nSPS) is 10.8. The number of nitrogens with one attached hydrogen (secondary N) is 1. The van der Waals surface area contributed by atoms with Crippen molar-refractivity contribution >= 4 is 0 Å². The lowest BCUT2D eigenvalue weighted by Crippen LogP contribution is -2.21. The summed E-state index contributed by atoms with van der Waals surface area (Å²) in [5.74, 6) is 0.805. The van der Waals surface area contributed by atoms with Gasteiger partial charge in [0.1, 0.15) is 12.4 Å². The highest BCUT2D eigenvalue weighted by atomic mass is 16.5. The van der Waals surface area contributed by atoms with Crippen LogP contribution in [0.1, 0.15) is 30.8 Å². The molecule has 20 heavy (non-hydrogen) atoms. The van der Waals surface area contributed by atoms with Crippen molar-refractivity contribution in [3.05, 3.63) is 53.6 Å². The molecule has 0 aromatic carbocycles. The number of aromatic nitrogens is 2. The molecule has 2 aromatic heterocycles. The molecule has 0 bridgehead atoms. The zero-order valence-electron chi connectivity index (χ0n) is 12.3. The van der Waals surface area contributed by atoms with Gasteiger partial charge < -0.3 is 10.1 Å². The predicted molar refractivity (Wildman–Crippen MR) is 79.5 cm³/mol. The molecule has 0 spiro atoms. The molecule has 0 saturated carbocycles. The second-order valence-electron chi connectivity index (χ2n) is 5.07. The van der Waals surface area contributed by atoms with Gasteiger partial charge >= 0.3 is 0 Å². The first-order valence-corrected chi connectivity index (χ1v) is 6.87. The molecule has 2 rings (SSSR count). The Morgan fingerprint density at radius 2 is 2.05 bits per heavy atom. The second kappa shape index (κ2) is 7.01. The summed E-state index contributed by atoms with van der Waals surface area (Å²) < 4.78 is 5.72. The minimum absolute atomic E-state index is 0.463. The number of rotatable bonds is 6. The maximum absolute atomic E-state index is 5.72. The Kier molecular flexibility index (Phi) is 5.07. The molecular formula is C16H21N3O. The van der Waals surface area contributed by atoms with Gasteiger partial charge in [0.25, 0.3) is 0 Å². The summed E-state index contributed by atoms with van der Waals surface area (Å²) in [4.78, 5) is 8.61. The molecule has 1 N–H and O–H groups in total. The summed E-state index contributed by atoms with van der Waals surface area (Å²) in [5.41, 5.74) is 2.99. The highest BCUT2D eigenvalue weighted by molar-refractivity contribution is 5.25. The van der Waals surface area contributed by atoms with Crippen LogP contribution in [0.15, 0.2) is 36.7 Å². The average Bonchev–Trinajstić information content (AvgIpc) is 2.45. The summed E-state index contributed by atoms with van der Waals surface area (Å²) in [6.45, 7) is 7.50. The van der Waals surface area contributed by atoms with Gasteiger partial charge in [0.05, 0.1) is 11.4 Å². The molecule has 0 aliphatic carbocycles. The van der Waals surface area contributed by atoms with Crippen molar-refractivity contribution < 1.29 is 4.74 Å². The first-order chi connectivity index (χ1) is 9.65. The molecule has 0 saturated heterocycles. The Balaban J connectivity index is 1.89. The predicted octanol–water partition coefficient (Wildman–Crippen LogP) is 2.86. The molecule has 106 valence electrons. The largest absolute Gasteiger partial charge is 0.485 e. The van der Waals surface area contributed by atoms with E-state index in [0.29, 0.717) is 12.6 Å². The maximum Gasteiger partial charge on any atom is 0.141 e. The number of hydrogen-bond acceptors (Lipinski definition) is 4. The highest BCUT2D eigenvalue weighted by Crippen LogP contribution is 2.15. The molecule has 0 amide bonds. The molecule has 0 aliphatic rings. The van der Waals surface area contributed by atoms with Crippen LogP contribution < -0.4 is 10.1 Å². The van der Waals surface area contributed by atoms with Gasteiger partial charge in [-0.05, 0) is 30.7 Å². The third-order valence-corrected chi connectivity index (χ3v) is 2.93. The summed E-state index contributed by atoms with van der Waals surface area (Å²) in [7, 11) is 0. The second-order valence-corrected chi connectivity index (χ2v) is 5.07. The summed E-state index contributed by atoms with van der Waals surface area (Å²) >= 11 is 0. The van der Waals surface area contributed by atoms with Crippen LogP contribution in [-0.4, -0.2) is 16.0 Å². The fourth-order valence-corrected chi connectivity index (χ4v) is 1.74. The van der Waals surface area contributed by atoms with Crippen LogP contribution >= 0.6 is 0 Å². The summed E-state index contributed by atoms with van der Waals surface area (Å²) in [6, 6.07) is 8.35. The fraction of sp³-hybridized carbons (Fsp3) is 0.375. The maximum atomic E-state index is 5.72. The Morgan fingerprint density at radius 3 is 2.70 bits per heavy atom. The van der Waals surface area contributed by atoms with Gasteiger partial charge in [0, 0.05) is 25.0 Å². The van der Waals surface area contributed by atoms with Crippen molar-refractivity contribution in [3.63, 3.8) is 0 Å². The SMILES string of the molecule is Cc1ncccc1OCc1ccc(CNC(C)C)cn1. The van der Waals surface area contributed by atoms with Crippen LogP contribution in [0.4, 0.5) is 0 Å². The minimum atomic E-state index is 0.463. The minimum Gasteiger partial charge on any atom is -0.485 e. The first-order valence-electron chi connectivity index (χ1n) is 6.87. The molecule has 2 aromatic rings. The first kappa shape index (κ1) is 14.5. The van der Waals surface area contributed by atoms with Crippen LogP contribution in [0, 0.1) is 6.92 Å². The summed E-state index contributed by atoms with van der Waals surface area (Å²) in [5, 5.41) is 3.37. The van der Waals surface area contributed by atoms with Gasteiger partial charge in [-0.15, -0.1) is 0 Å². The van der Waals surface area contributed by atoms with E-state index in [9.17, 15) is 0 Å². The Bertz CT molecular complexity index is 538. The quantitative estimate of drug-likeness (QED) is 0.877. The lowest BCUT2D eigenvalue weighted by molar-refractivity contribution is 0.297. The number of ether oxygens (including phenoxy) is 1. The van der Waals surface area contributed by atoms with Crippen molar-refractivity contribution in [1.29, 1.82) is 0 Å². The van der Waals surface area contributed by atoms with Crippen molar-refractivity contribution in [2.45, 2.75) is 40.0 Å². The third kappa shape index (κ3) is 4.31. The Hall–Kier alpha value is -1.94. The molecule has 0 aliphatic heterocycles. The highest BCUT2D eigenvalue weighted by Gasteiger charge is 2.02. The third-order valence-electron chi connectivity index (χ3n) is 2.93. The van der Waals surface area contributed by atoms with Crippen molar-refractivity contribution in [2.24, 2.45) is 0 Å².